The molecule has 0 spiro atoms. The quantitative estimate of drug-likeness (QED) is 0.905. The van der Waals surface area contributed by atoms with Crippen LogP contribution in [0.4, 0.5) is 4.39 Å². The van der Waals surface area contributed by atoms with Crippen LogP contribution in [0.2, 0.25) is 5.02 Å². The van der Waals surface area contributed by atoms with Crippen LogP contribution >= 0.6 is 23.4 Å². The number of carbonyl (C=O) groups excluding carboxylic acids is 1. The largest absolute Gasteiger partial charge is 0.480 e. The minimum Gasteiger partial charge on any atom is -0.480 e. The van der Waals surface area contributed by atoms with Gasteiger partial charge in [-0.25, -0.2) is 9.18 Å². The van der Waals surface area contributed by atoms with Gasteiger partial charge in [0.25, 0.3) is 5.91 Å². The van der Waals surface area contributed by atoms with E-state index in [0.717, 1.165) is 4.90 Å². The highest BCUT2D eigenvalue weighted by Crippen LogP contribution is 2.26. The maximum atomic E-state index is 13.7. The molecule has 1 aromatic rings. The monoisotopic (exact) mass is 289 g/mol. The van der Waals surface area contributed by atoms with Gasteiger partial charge in [0.15, 0.2) is 5.82 Å². The minimum atomic E-state index is -1.09. The number of aliphatic carboxylic acids is 1. The number of thioether (sulfide) groups is 1. The first-order valence-electron chi connectivity index (χ1n) is 5.08. The number of halogens is 2. The molecule has 7 heteroatoms. The van der Waals surface area contributed by atoms with Gasteiger partial charge in [0.1, 0.15) is 6.04 Å². The molecule has 18 heavy (non-hydrogen) atoms. The van der Waals surface area contributed by atoms with Crippen LogP contribution in [-0.4, -0.2) is 39.6 Å². The molecule has 1 fully saturated rings. The average Bonchev–Trinajstić information content (AvgIpc) is 2.81. The molecule has 0 saturated carbocycles. The summed E-state index contributed by atoms with van der Waals surface area (Å²) in [5.74, 6) is -2.00. The van der Waals surface area contributed by atoms with E-state index in [1.165, 1.54) is 30.0 Å². The van der Waals surface area contributed by atoms with E-state index in [1.807, 2.05) is 0 Å². The van der Waals surface area contributed by atoms with Gasteiger partial charge in [-0.05, 0) is 12.1 Å². The number of hydrogen-bond donors (Lipinski definition) is 1. The summed E-state index contributed by atoms with van der Waals surface area (Å²) in [6, 6.07) is 3.17. The van der Waals surface area contributed by atoms with Crippen LogP contribution in [0.1, 0.15) is 10.4 Å². The van der Waals surface area contributed by atoms with Crippen molar-refractivity contribution in [1.29, 1.82) is 0 Å². The Hall–Kier alpha value is -1.27. The van der Waals surface area contributed by atoms with Crippen molar-refractivity contribution in [3.8, 4) is 0 Å². The second-order valence-electron chi connectivity index (χ2n) is 3.73. The molecule has 1 aromatic carbocycles. The summed E-state index contributed by atoms with van der Waals surface area (Å²) in [5.41, 5.74) is -0.198. The van der Waals surface area contributed by atoms with E-state index in [-0.39, 0.29) is 16.5 Å². The summed E-state index contributed by atoms with van der Waals surface area (Å²) >= 11 is 6.92. The molecule has 1 N–H and O–H groups in total. The number of hydrogen-bond acceptors (Lipinski definition) is 3. The molecule has 1 saturated heterocycles. The zero-order chi connectivity index (χ0) is 13.3. The third-order valence-electron chi connectivity index (χ3n) is 2.61. The second-order valence-corrected chi connectivity index (χ2v) is 5.14. The van der Waals surface area contributed by atoms with Crippen molar-refractivity contribution >= 4 is 35.2 Å². The third-order valence-corrected chi connectivity index (χ3v) is 3.91. The molecule has 1 aliphatic heterocycles. The van der Waals surface area contributed by atoms with E-state index in [0.29, 0.717) is 5.75 Å². The van der Waals surface area contributed by atoms with Gasteiger partial charge in [-0.1, -0.05) is 17.7 Å². The Morgan fingerprint density at radius 1 is 1.50 bits per heavy atom. The van der Waals surface area contributed by atoms with E-state index >= 15 is 0 Å². The van der Waals surface area contributed by atoms with Crippen molar-refractivity contribution in [2.75, 3.05) is 11.6 Å². The highest BCUT2D eigenvalue weighted by molar-refractivity contribution is 7.99. The molecule has 1 aliphatic rings. The van der Waals surface area contributed by atoms with Crippen LogP contribution in [0.3, 0.4) is 0 Å². The Morgan fingerprint density at radius 3 is 2.89 bits per heavy atom. The lowest BCUT2D eigenvalue weighted by Crippen LogP contribution is -2.42. The molecular weight excluding hydrogens is 281 g/mol. The maximum absolute atomic E-state index is 13.7. The van der Waals surface area contributed by atoms with Gasteiger partial charge in [-0.2, -0.15) is 0 Å². The molecule has 96 valence electrons. The van der Waals surface area contributed by atoms with Gasteiger partial charge in [0.05, 0.1) is 16.5 Å². The van der Waals surface area contributed by atoms with Gasteiger partial charge < -0.3 is 10.0 Å². The zero-order valence-electron chi connectivity index (χ0n) is 9.10. The average molecular weight is 290 g/mol. The van der Waals surface area contributed by atoms with Crippen LogP contribution in [-0.2, 0) is 4.79 Å². The standard InChI is InChI=1S/C11H9ClFNO3S/c12-7-3-1-2-6(9(7)13)10(15)14-5-18-4-8(14)11(16)17/h1-3,8H,4-5H2,(H,16,17). The van der Waals surface area contributed by atoms with Crippen LogP contribution in [0, 0.1) is 5.82 Å². The van der Waals surface area contributed by atoms with E-state index in [2.05, 4.69) is 0 Å². The number of carboxylic acids is 1. The normalized spacial score (nSPS) is 19.0. The van der Waals surface area contributed by atoms with Gasteiger partial charge in [0.2, 0.25) is 0 Å². The molecule has 0 bridgehead atoms. The summed E-state index contributed by atoms with van der Waals surface area (Å²) in [7, 11) is 0. The fraction of sp³-hybridized carbons (Fsp3) is 0.273. The molecule has 0 radical (unpaired) electrons. The molecule has 0 aliphatic carbocycles. The van der Waals surface area contributed by atoms with Gasteiger partial charge in [-0.15, -0.1) is 11.8 Å². The van der Waals surface area contributed by atoms with Crippen LogP contribution in [0.5, 0.6) is 0 Å². The summed E-state index contributed by atoms with van der Waals surface area (Å²) in [5, 5.41) is 8.82. The Labute approximate surface area is 112 Å². The van der Waals surface area contributed by atoms with Gasteiger partial charge >= 0.3 is 5.97 Å². The summed E-state index contributed by atoms with van der Waals surface area (Å²) in [4.78, 5) is 24.2. The molecule has 1 amide bonds. The van der Waals surface area contributed by atoms with Crippen molar-refractivity contribution in [2.45, 2.75) is 6.04 Å². The topological polar surface area (TPSA) is 57.6 Å². The molecule has 4 nitrogen and oxygen atoms in total. The smallest absolute Gasteiger partial charge is 0.327 e. The highest BCUT2D eigenvalue weighted by Gasteiger charge is 2.36. The maximum Gasteiger partial charge on any atom is 0.327 e. The van der Waals surface area contributed by atoms with E-state index in [1.54, 1.807) is 0 Å². The molecule has 1 unspecified atom stereocenters. The number of nitrogens with zero attached hydrogens (tertiary/aromatic N) is 1. The van der Waals surface area contributed by atoms with Crippen LogP contribution in [0.15, 0.2) is 18.2 Å². The fourth-order valence-electron chi connectivity index (χ4n) is 1.67. The first-order valence-corrected chi connectivity index (χ1v) is 6.61. The lowest BCUT2D eigenvalue weighted by atomic mass is 10.1. The minimum absolute atomic E-state index is 0.153. The molecule has 1 atom stereocenters. The van der Waals surface area contributed by atoms with Crippen molar-refractivity contribution in [3.05, 3.63) is 34.6 Å². The number of carboxylic acid groups (broad SMARTS) is 1. The van der Waals surface area contributed by atoms with E-state index < -0.39 is 23.7 Å². The van der Waals surface area contributed by atoms with Gasteiger partial charge in [-0.3, -0.25) is 4.79 Å². The summed E-state index contributed by atoms with van der Waals surface area (Å²) in [6.07, 6.45) is 0. The summed E-state index contributed by atoms with van der Waals surface area (Å²) < 4.78 is 13.7. The molecule has 1 heterocycles. The van der Waals surface area contributed by atoms with Crippen LogP contribution < -0.4 is 0 Å². The highest BCUT2D eigenvalue weighted by atomic mass is 35.5. The fourth-order valence-corrected chi connectivity index (χ4v) is 2.99. The van der Waals surface area contributed by atoms with Crippen molar-refractivity contribution < 1.29 is 19.1 Å². The molecular formula is C11H9ClFNO3S. The Balaban J connectivity index is 2.31. The molecule has 0 aromatic heterocycles. The van der Waals surface area contributed by atoms with E-state index in [4.69, 9.17) is 16.7 Å². The molecule has 2 rings (SSSR count). The van der Waals surface area contributed by atoms with Crippen molar-refractivity contribution in [1.82, 2.24) is 4.90 Å². The van der Waals surface area contributed by atoms with Crippen LogP contribution in [0.25, 0.3) is 0 Å². The predicted molar refractivity (Wildman–Crippen MR) is 66.3 cm³/mol. The Kier molecular flexibility index (Phi) is 3.77. The number of amides is 1. The predicted octanol–water partition coefficient (Wildman–Crippen LogP) is 2.08. The first-order chi connectivity index (χ1) is 8.52. The van der Waals surface area contributed by atoms with Crippen molar-refractivity contribution in [2.24, 2.45) is 0 Å². The summed E-state index contributed by atoms with van der Waals surface area (Å²) in [6.45, 7) is 0. The third kappa shape index (κ3) is 2.30. The first kappa shape index (κ1) is 13.2. The number of benzene rings is 1. The van der Waals surface area contributed by atoms with Crippen molar-refractivity contribution in [3.63, 3.8) is 0 Å². The Bertz CT molecular complexity index is 511. The SMILES string of the molecule is O=C(O)C1CSCN1C(=O)c1cccc(Cl)c1F. The lowest BCUT2D eigenvalue weighted by molar-refractivity contribution is -0.140. The zero-order valence-corrected chi connectivity index (χ0v) is 10.7. The number of rotatable bonds is 2. The van der Waals surface area contributed by atoms with Gasteiger partial charge in [0, 0.05) is 5.75 Å². The second kappa shape index (κ2) is 5.16. The lowest BCUT2D eigenvalue weighted by Gasteiger charge is -2.20. The number of carbonyl (C=O) groups is 2. The van der Waals surface area contributed by atoms with E-state index in [9.17, 15) is 14.0 Å². The Morgan fingerprint density at radius 2 is 2.22 bits per heavy atom.